The van der Waals surface area contributed by atoms with Crippen LogP contribution in [0.25, 0.3) is 0 Å². The predicted octanol–water partition coefficient (Wildman–Crippen LogP) is 2.51. The molecule has 2 nitrogen and oxygen atoms in total. The van der Waals surface area contributed by atoms with Crippen LogP contribution in [0.5, 0.6) is 0 Å². The molecular weight excluding hydrogens is 172 g/mol. The van der Waals surface area contributed by atoms with Crippen molar-refractivity contribution in [2.24, 2.45) is 10.4 Å². The first-order valence-corrected chi connectivity index (χ1v) is 5.30. The molecule has 1 aliphatic heterocycles. The molecule has 0 amide bonds. The van der Waals surface area contributed by atoms with Gasteiger partial charge in [0.2, 0.25) is 0 Å². The molecule has 78 valence electrons. The summed E-state index contributed by atoms with van der Waals surface area (Å²) in [6.07, 6.45) is 8.76. The number of hydrogen-bond acceptors (Lipinski definition) is 1. The van der Waals surface area contributed by atoms with E-state index in [1.807, 2.05) is 0 Å². The van der Waals surface area contributed by atoms with Crippen LogP contribution in [0.3, 0.4) is 0 Å². The van der Waals surface area contributed by atoms with E-state index in [4.69, 9.17) is 6.42 Å². The van der Waals surface area contributed by atoms with Crippen LogP contribution in [0, 0.1) is 17.9 Å². The van der Waals surface area contributed by atoms with Crippen molar-refractivity contribution in [3.63, 3.8) is 0 Å². The molecule has 0 aromatic carbocycles. The lowest BCUT2D eigenvalue weighted by Gasteiger charge is -2.25. The highest BCUT2D eigenvalue weighted by molar-refractivity contribution is 5.84. The number of hydrogen-bond donors (Lipinski definition) is 0. The number of nitrogens with zero attached hydrogens (tertiary/aromatic N) is 2. The van der Waals surface area contributed by atoms with E-state index in [1.54, 1.807) is 0 Å². The second-order valence-electron chi connectivity index (χ2n) is 5.09. The van der Waals surface area contributed by atoms with Gasteiger partial charge in [-0.25, -0.2) is 0 Å². The monoisotopic (exact) mass is 192 g/mol. The van der Waals surface area contributed by atoms with Crippen molar-refractivity contribution in [1.29, 1.82) is 0 Å². The molecular formula is C12H20N2. The van der Waals surface area contributed by atoms with E-state index in [0.717, 1.165) is 25.3 Å². The highest BCUT2D eigenvalue weighted by Crippen LogP contribution is 2.22. The number of likely N-dealkylation sites (tertiary alicyclic amines) is 1. The largest absolute Gasteiger partial charge is 0.359 e. The maximum Gasteiger partial charge on any atom is 0.115 e. The van der Waals surface area contributed by atoms with Crippen LogP contribution in [-0.2, 0) is 0 Å². The van der Waals surface area contributed by atoms with Crippen LogP contribution in [0.1, 0.15) is 40.0 Å². The third kappa shape index (κ3) is 3.41. The molecule has 2 heteroatoms. The van der Waals surface area contributed by atoms with Crippen molar-refractivity contribution in [3.8, 4) is 12.5 Å². The first-order chi connectivity index (χ1) is 6.53. The molecule has 0 saturated carbocycles. The van der Waals surface area contributed by atoms with Gasteiger partial charge in [-0.15, -0.1) is 0 Å². The van der Waals surface area contributed by atoms with Gasteiger partial charge in [-0.1, -0.05) is 27.2 Å². The van der Waals surface area contributed by atoms with Crippen LogP contribution in [0.4, 0.5) is 0 Å². The first-order valence-electron chi connectivity index (χ1n) is 5.30. The van der Waals surface area contributed by atoms with Crippen LogP contribution in [-0.4, -0.2) is 23.8 Å². The zero-order chi connectivity index (χ0) is 10.6. The quantitative estimate of drug-likeness (QED) is 0.354. The molecule has 1 fully saturated rings. The Morgan fingerprint density at radius 1 is 1.36 bits per heavy atom. The molecule has 1 saturated heterocycles. The summed E-state index contributed by atoms with van der Waals surface area (Å²) in [5, 5.41) is 0. The summed E-state index contributed by atoms with van der Waals surface area (Å²) < 4.78 is 0. The fourth-order valence-electron chi connectivity index (χ4n) is 1.75. The van der Waals surface area contributed by atoms with Gasteiger partial charge in [0.25, 0.3) is 0 Å². The van der Waals surface area contributed by atoms with E-state index in [2.05, 4.69) is 36.7 Å². The predicted molar refractivity (Wildman–Crippen MR) is 61.1 cm³/mol. The lowest BCUT2D eigenvalue weighted by molar-refractivity contribution is 0.399. The van der Waals surface area contributed by atoms with Gasteiger partial charge in [-0.05, 0) is 18.3 Å². The molecule has 1 heterocycles. The molecule has 0 unspecified atom stereocenters. The van der Waals surface area contributed by atoms with E-state index in [9.17, 15) is 0 Å². The molecule has 0 N–H and O–H groups in total. The molecule has 1 aliphatic rings. The maximum absolute atomic E-state index is 5.25. The molecule has 0 aliphatic carbocycles. The summed E-state index contributed by atoms with van der Waals surface area (Å²) in [7, 11) is 0. The normalized spacial score (nSPS) is 18.4. The second-order valence-corrected chi connectivity index (χ2v) is 5.09. The molecule has 0 aromatic heterocycles. The van der Waals surface area contributed by atoms with Gasteiger partial charge in [0, 0.05) is 25.6 Å². The summed E-state index contributed by atoms with van der Waals surface area (Å²) in [6, 6.07) is 2.41. The summed E-state index contributed by atoms with van der Waals surface area (Å²) >= 11 is 0. The lowest BCUT2D eigenvalue weighted by atomic mass is 9.91. The topological polar surface area (TPSA) is 15.6 Å². The van der Waals surface area contributed by atoms with Gasteiger partial charge in [0.1, 0.15) is 5.84 Å². The van der Waals surface area contributed by atoms with Crippen molar-refractivity contribution in [2.75, 3.05) is 13.1 Å². The standard InChI is InChI=1S/C12H20N2/c1-5-13-11(10-12(2,3)4)14-8-6-7-9-14/h1H,6-10H2,2-4H3. The summed E-state index contributed by atoms with van der Waals surface area (Å²) in [6.45, 7) is 8.90. The first kappa shape index (κ1) is 11.1. The molecule has 14 heavy (non-hydrogen) atoms. The van der Waals surface area contributed by atoms with Gasteiger partial charge >= 0.3 is 0 Å². The Hall–Kier alpha value is -0.970. The molecule has 1 rings (SSSR count). The summed E-state index contributed by atoms with van der Waals surface area (Å²) in [4.78, 5) is 6.49. The zero-order valence-corrected chi connectivity index (χ0v) is 9.51. The molecule has 0 radical (unpaired) electrons. The van der Waals surface area contributed by atoms with E-state index in [1.165, 1.54) is 12.8 Å². The van der Waals surface area contributed by atoms with Crippen molar-refractivity contribution in [2.45, 2.75) is 40.0 Å². The Morgan fingerprint density at radius 2 is 1.93 bits per heavy atom. The number of aliphatic imine (C=N–C) groups is 1. The van der Waals surface area contributed by atoms with Crippen LogP contribution < -0.4 is 0 Å². The molecule has 0 aromatic rings. The summed E-state index contributed by atoms with van der Waals surface area (Å²) in [5.41, 5.74) is 0.262. The molecule has 0 bridgehead atoms. The number of terminal acetylenes is 1. The number of amidine groups is 1. The minimum absolute atomic E-state index is 0.262. The van der Waals surface area contributed by atoms with E-state index in [-0.39, 0.29) is 5.41 Å². The maximum atomic E-state index is 5.25. The second kappa shape index (κ2) is 4.50. The lowest BCUT2D eigenvalue weighted by Crippen LogP contribution is -2.31. The van der Waals surface area contributed by atoms with Gasteiger partial charge in [-0.2, -0.15) is 4.99 Å². The Bertz CT molecular complexity index is 246. The van der Waals surface area contributed by atoms with Crippen molar-refractivity contribution < 1.29 is 0 Å². The van der Waals surface area contributed by atoms with E-state index < -0.39 is 0 Å². The Morgan fingerprint density at radius 3 is 2.36 bits per heavy atom. The van der Waals surface area contributed by atoms with Crippen LogP contribution >= 0.6 is 0 Å². The van der Waals surface area contributed by atoms with Crippen molar-refractivity contribution >= 4 is 5.84 Å². The van der Waals surface area contributed by atoms with E-state index in [0.29, 0.717) is 0 Å². The van der Waals surface area contributed by atoms with Crippen LogP contribution in [0.2, 0.25) is 0 Å². The van der Waals surface area contributed by atoms with Gasteiger partial charge < -0.3 is 4.90 Å². The highest BCUT2D eigenvalue weighted by Gasteiger charge is 2.21. The Balaban J connectivity index is 2.65. The summed E-state index contributed by atoms with van der Waals surface area (Å²) in [5.74, 6) is 1.09. The average molecular weight is 192 g/mol. The third-order valence-corrected chi connectivity index (χ3v) is 2.35. The minimum Gasteiger partial charge on any atom is -0.359 e. The third-order valence-electron chi connectivity index (χ3n) is 2.35. The Kier molecular flexibility index (Phi) is 3.57. The molecule has 0 atom stereocenters. The van der Waals surface area contributed by atoms with Gasteiger partial charge in [0.05, 0.1) is 0 Å². The fourth-order valence-corrected chi connectivity index (χ4v) is 1.75. The SMILES string of the molecule is C#CN=C(CC(C)(C)C)N1CCCC1. The number of rotatable bonds is 1. The van der Waals surface area contributed by atoms with E-state index >= 15 is 0 Å². The van der Waals surface area contributed by atoms with Crippen molar-refractivity contribution in [1.82, 2.24) is 4.90 Å². The van der Waals surface area contributed by atoms with Crippen LogP contribution in [0.15, 0.2) is 4.99 Å². The van der Waals surface area contributed by atoms with Crippen molar-refractivity contribution in [3.05, 3.63) is 0 Å². The highest BCUT2D eigenvalue weighted by atomic mass is 15.2. The van der Waals surface area contributed by atoms with Gasteiger partial charge in [0.15, 0.2) is 0 Å². The average Bonchev–Trinajstić information content (AvgIpc) is 2.52. The molecule has 0 spiro atoms. The Labute approximate surface area is 87.4 Å². The smallest absolute Gasteiger partial charge is 0.115 e. The van der Waals surface area contributed by atoms with Gasteiger partial charge in [-0.3, -0.25) is 0 Å². The fraction of sp³-hybridized carbons (Fsp3) is 0.750. The minimum atomic E-state index is 0.262. The zero-order valence-electron chi connectivity index (χ0n) is 9.51.